The molecule has 4 aromatic rings. The lowest BCUT2D eigenvalue weighted by Gasteiger charge is -2.33. The van der Waals surface area contributed by atoms with Crippen LogP contribution in [0.2, 0.25) is 0 Å². The highest BCUT2D eigenvalue weighted by molar-refractivity contribution is 5.97. The van der Waals surface area contributed by atoms with E-state index in [1.807, 2.05) is 46.8 Å². The van der Waals surface area contributed by atoms with Crippen molar-refractivity contribution in [3.63, 3.8) is 0 Å². The van der Waals surface area contributed by atoms with E-state index in [9.17, 15) is 4.79 Å². The number of fused-ring (bicyclic) bond motifs is 2. The molecule has 0 unspecified atom stereocenters. The summed E-state index contributed by atoms with van der Waals surface area (Å²) < 4.78 is 1.90. The molecular weight excluding hydrogens is 342 g/mol. The second kappa shape index (κ2) is 6.01. The van der Waals surface area contributed by atoms with E-state index >= 15 is 0 Å². The Bertz CT molecular complexity index is 1130. The second-order valence-electron chi connectivity index (χ2n) is 6.58. The Kier molecular flexibility index (Phi) is 3.49. The highest BCUT2D eigenvalue weighted by Crippen LogP contribution is 2.28. The first-order chi connectivity index (χ1) is 13.2. The Morgan fingerprint density at radius 1 is 1.07 bits per heavy atom. The lowest BCUT2D eigenvalue weighted by atomic mass is 10.1. The van der Waals surface area contributed by atoms with Crippen molar-refractivity contribution in [2.24, 2.45) is 0 Å². The van der Waals surface area contributed by atoms with Crippen LogP contribution in [0.15, 0.2) is 48.5 Å². The molecule has 0 bridgehead atoms. The number of carbonyl (C=O) groups is 1. The molecule has 0 spiro atoms. The molecule has 1 amide bonds. The minimum Gasteiger partial charge on any atom is -0.327 e. The summed E-state index contributed by atoms with van der Waals surface area (Å²) in [5.41, 5.74) is 2.99. The van der Waals surface area contributed by atoms with E-state index < -0.39 is 0 Å². The molecule has 1 atom stereocenters. The van der Waals surface area contributed by atoms with E-state index in [-0.39, 0.29) is 11.9 Å². The van der Waals surface area contributed by atoms with Crippen molar-refractivity contribution in [1.82, 2.24) is 35.1 Å². The van der Waals surface area contributed by atoms with Crippen LogP contribution in [0.1, 0.15) is 29.1 Å². The number of hydrogen-bond acceptors (Lipinski definition) is 5. The number of nitrogens with one attached hydrogen (secondary N) is 1. The van der Waals surface area contributed by atoms with Gasteiger partial charge in [0, 0.05) is 17.7 Å². The summed E-state index contributed by atoms with van der Waals surface area (Å²) in [6.07, 6.45) is 0. The molecule has 8 heteroatoms. The minimum atomic E-state index is -0.163. The Hall–Kier alpha value is -3.55. The minimum absolute atomic E-state index is 0.0390. The summed E-state index contributed by atoms with van der Waals surface area (Å²) in [7, 11) is 0. The van der Waals surface area contributed by atoms with Crippen molar-refractivity contribution in [1.29, 1.82) is 0 Å². The predicted molar refractivity (Wildman–Crippen MR) is 98.8 cm³/mol. The molecule has 134 valence electrons. The van der Waals surface area contributed by atoms with E-state index in [2.05, 4.69) is 20.5 Å². The molecule has 1 aliphatic rings. The molecule has 2 aromatic heterocycles. The topological polar surface area (TPSA) is 92.6 Å². The zero-order chi connectivity index (χ0) is 18.4. The standard InChI is InChI=1S/C19H17N7O/c1-12-18-20-17(13-5-3-2-4-6-13)23-26(18)10-9-25(12)19(27)14-7-8-15-16(11-14)22-24-21-15/h2-8,11-12H,9-10H2,1H3,(H,21,22,24)/t12-/m0/s1. The fraction of sp³-hybridized carbons (Fsp3) is 0.211. The number of aromatic nitrogens is 6. The zero-order valence-corrected chi connectivity index (χ0v) is 14.7. The quantitative estimate of drug-likeness (QED) is 0.593. The Morgan fingerprint density at radius 3 is 2.74 bits per heavy atom. The number of carbonyl (C=O) groups excluding carboxylic acids is 1. The second-order valence-corrected chi connectivity index (χ2v) is 6.58. The van der Waals surface area contributed by atoms with Gasteiger partial charge in [-0.25, -0.2) is 9.67 Å². The maximum atomic E-state index is 13.1. The molecule has 1 N–H and O–H groups in total. The predicted octanol–water partition coefficient (Wildman–Crippen LogP) is 2.43. The molecule has 5 rings (SSSR count). The van der Waals surface area contributed by atoms with Gasteiger partial charge in [-0.05, 0) is 25.1 Å². The molecule has 0 aliphatic carbocycles. The van der Waals surface area contributed by atoms with Crippen LogP contribution >= 0.6 is 0 Å². The van der Waals surface area contributed by atoms with Crippen molar-refractivity contribution in [3.8, 4) is 11.4 Å². The summed E-state index contributed by atoms with van der Waals surface area (Å²) in [6.45, 7) is 3.19. The van der Waals surface area contributed by atoms with Crippen LogP contribution in [0.5, 0.6) is 0 Å². The number of rotatable bonds is 2. The van der Waals surface area contributed by atoms with E-state index in [1.165, 1.54) is 0 Å². The van der Waals surface area contributed by atoms with Gasteiger partial charge in [0.25, 0.3) is 5.91 Å². The maximum absolute atomic E-state index is 13.1. The first-order valence-electron chi connectivity index (χ1n) is 8.82. The highest BCUT2D eigenvalue weighted by Gasteiger charge is 2.31. The van der Waals surface area contributed by atoms with Crippen LogP contribution in [-0.4, -0.2) is 47.5 Å². The molecule has 1 aliphatic heterocycles. The van der Waals surface area contributed by atoms with Gasteiger partial charge >= 0.3 is 0 Å². The number of H-pyrrole nitrogens is 1. The Morgan fingerprint density at radius 2 is 1.89 bits per heavy atom. The molecule has 8 nitrogen and oxygen atoms in total. The Balaban J connectivity index is 1.46. The SMILES string of the molecule is C[C@H]1c2nc(-c3ccccc3)nn2CCN1C(=O)c1ccc2n[nH]nc2c1. The van der Waals surface area contributed by atoms with E-state index in [0.29, 0.717) is 30.0 Å². The van der Waals surface area contributed by atoms with Gasteiger partial charge in [0.15, 0.2) is 5.82 Å². The third-order valence-electron chi connectivity index (χ3n) is 4.95. The number of benzene rings is 2. The number of amides is 1. The van der Waals surface area contributed by atoms with Gasteiger partial charge in [0.05, 0.1) is 12.6 Å². The summed E-state index contributed by atoms with van der Waals surface area (Å²) in [5.74, 6) is 1.45. The van der Waals surface area contributed by atoms with Crippen molar-refractivity contribution < 1.29 is 4.79 Å². The van der Waals surface area contributed by atoms with E-state index in [1.54, 1.807) is 18.2 Å². The first kappa shape index (κ1) is 15.7. The molecule has 0 saturated carbocycles. The van der Waals surface area contributed by atoms with Crippen molar-refractivity contribution in [3.05, 3.63) is 59.9 Å². The van der Waals surface area contributed by atoms with Crippen LogP contribution < -0.4 is 0 Å². The van der Waals surface area contributed by atoms with Gasteiger partial charge in [-0.15, -0.1) is 0 Å². The average molecular weight is 359 g/mol. The van der Waals surface area contributed by atoms with Crippen molar-refractivity contribution >= 4 is 16.9 Å². The average Bonchev–Trinajstić information content (AvgIpc) is 3.35. The van der Waals surface area contributed by atoms with Gasteiger partial charge in [-0.2, -0.15) is 20.5 Å². The number of hydrogen-bond donors (Lipinski definition) is 1. The lowest BCUT2D eigenvalue weighted by molar-refractivity contribution is 0.0631. The highest BCUT2D eigenvalue weighted by atomic mass is 16.2. The Labute approximate surface area is 154 Å². The van der Waals surface area contributed by atoms with Crippen LogP contribution in [0.25, 0.3) is 22.4 Å². The third kappa shape index (κ3) is 2.57. The normalized spacial score (nSPS) is 16.5. The third-order valence-corrected chi connectivity index (χ3v) is 4.95. The summed E-state index contributed by atoms with van der Waals surface area (Å²) in [4.78, 5) is 19.6. The van der Waals surface area contributed by atoms with Gasteiger partial charge in [0.2, 0.25) is 0 Å². The van der Waals surface area contributed by atoms with Crippen molar-refractivity contribution in [2.75, 3.05) is 6.54 Å². The summed E-state index contributed by atoms with van der Waals surface area (Å²) >= 11 is 0. The van der Waals surface area contributed by atoms with Gasteiger partial charge in [-0.1, -0.05) is 30.3 Å². The maximum Gasteiger partial charge on any atom is 0.254 e. The largest absolute Gasteiger partial charge is 0.327 e. The molecule has 3 heterocycles. The first-order valence-corrected chi connectivity index (χ1v) is 8.82. The number of aromatic amines is 1. The van der Waals surface area contributed by atoms with E-state index in [4.69, 9.17) is 4.98 Å². The van der Waals surface area contributed by atoms with E-state index in [0.717, 1.165) is 16.9 Å². The molecule has 0 radical (unpaired) electrons. The fourth-order valence-corrected chi connectivity index (χ4v) is 3.49. The summed E-state index contributed by atoms with van der Waals surface area (Å²) in [6, 6.07) is 15.1. The molecule has 0 saturated heterocycles. The molecular formula is C19H17N7O. The van der Waals surface area contributed by atoms with Gasteiger partial charge in [-0.3, -0.25) is 4.79 Å². The van der Waals surface area contributed by atoms with Crippen LogP contribution in [-0.2, 0) is 6.54 Å². The smallest absolute Gasteiger partial charge is 0.254 e. The number of nitrogens with zero attached hydrogens (tertiary/aromatic N) is 6. The molecule has 0 fully saturated rings. The van der Waals surface area contributed by atoms with Crippen LogP contribution in [0.3, 0.4) is 0 Å². The van der Waals surface area contributed by atoms with Crippen LogP contribution in [0, 0.1) is 0 Å². The zero-order valence-electron chi connectivity index (χ0n) is 14.7. The van der Waals surface area contributed by atoms with Gasteiger partial charge < -0.3 is 4.90 Å². The fourth-order valence-electron chi connectivity index (χ4n) is 3.49. The van der Waals surface area contributed by atoms with Crippen molar-refractivity contribution in [2.45, 2.75) is 19.5 Å². The lowest BCUT2D eigenvalue weighted by Crippen LogP contribution is -2.41. The van der Waals surface area contributed by atoms with Gasteiger partial charge in [0.1, 0.15) is 16.9 Å². The summed E-state index contributed by atoms with van der Waals surface area (Å²) in [5, 5.41) is 15.3. The monoisotopic (exact) mass is 359 g/mol. The molecule has 27 heavy (non-hydrogen) atoms. The molecule has 2 aromatic carbocycles. The van der Waals surface area contributed by atoms with Crippen LogP contribution in [0.4, 0.5) is 0 Å².